The van der Waals surface area contributed by atoms with E-state index in [0.717, 1.165) is 102 Å². The molecule has 0 heterocycles. The Labute approximate surface area is 353 Å². The molecule has 0 aromatic rings. The number of nitrogens with one attached hydrogen (secondary N) is 3. The van der Waals surface area contributed by atoms with Gasteiger partial charge < -0.3 is 25.9 Å². The molecule has 0 bridgehead atoms. The third-order valence-corrected chi connectivity index (χ3v) is 12.3. The fraction of sp³-hybridized carbons (Fsp3) is 0.911. The van der Waals surface area contributed by atoms with Crippen LogP contribution in [0, 0.1) is 23.7 Å². The van der Waals surface area contributed by atoms with Gasteiger partial charge >= 0.3 is 29.6 Å². The predicted molar refractivity (Wildman–Crippen MR) is 216 cm³/mol. The summed E-state index contributed by atoms with van der Waals surface area (Å²) in [5.41, 5.74) is 0. The van der Waals surface area contributed by atoms with Crippen LogP contribution in [0.2, 0.25) is 0 Å². The maximum atomic E-state index is 13.2. The minimum absolute atomic E-state index is 0. The van der Waals surface area contributed by atoms with E-state index >= 15 is 0 Å². The molecule has 54 heavy (non-hydrogen) atoms. The summed E-state index contributed by atoms with van der Waals surface area (Å²) in [5, 5.41) is 19.7. The van der Waals surface area contributed by atoms with Crippen LogP contribution in [0.1, 0.15) is 220 Å². The van der Waals surface area contributed by atoms with E-state index < -0.39 is 11.9 Å². The molecule has 9 heteroatoms. The van der Waals surface area contributed by atoms with Gasteiger partial charge in [0.15, 0.2) is 0 Å². The van der Waals surface area contributed by atoms with E-state index in [0.29, 0.717) is 5.92 Å². The molecule has 3 aliphatic rings. The molecule has 0 atom stereocenters. The zero-order valence-electron chi connectivity index (χ0n) is 35.8. The summed E-state index contributed by atoms with van der Waals surface area (Å²) < 4.78 is 0. The number of amides is 3. The molecular weight excluding hydrogens is 686 g/mol. The molecule has 0 aromatic carbocycles. The van der Waals surface area contributed by atoms with Crippen molar-refractivity contribution < 1.29 is 53.8 Å². The van der Waals surface area contributed by atoms with Crippen LogP contribution in [0.25, 0.3) is 0 Å². The summed E-state index contributed by atoms with van der Waals surface area (Å²) in [6.07, 6.45) is 32.8. The maximum Gasteiger partial charge on any atom is 1.00 e. The number of carboxylic acids is 1. The molecule has 3 amide bonds. The number of aliphatic carboxylic acids is 1. The standard InChI is InChI=1S/C27H47N3O3.C18H36O2.Na/c1-18-4-10-22(11-5-18)28-25(31)16-21(27(33)30-24-14-8-20(3)9-15-24)17-26(32)29-23-12-6-19(2)7-13-23;1-2-3-4-5-6-7-8-9-10-11-12-13-14-15-16-17-18(19)20;/h18-24H,4-17H2,1-3H3,(H,28,31)(H,29,32)(H,30,33);2-17H2,1H3,(H,19,20);/q;;+1/p-1. The van der Waals surface area contributed by atoms with E-state index in [9.17, 15) is 24.3 Å². The Kier molecular flexibility index (Phi) is 30.1. The van der Waals surface area contributed by atoms with Gasteiger partial charge in [0.05, 0.1) is 5.92 Å². The van der Waals surface area contributed by atoms with E-state index in [4.69, 9.17) is 0 Å². The third kappa shape index (κ3) is 25.9. The molecule has 3 fully saturated rings. The Bertz CT molecular complexity index is 950. The Balaban J connectivity index is 0.000000601. The average Bonchev–Trinajstić information content (AvgIpc) is 3.12. The fourth-order valence-corrected chi connectivity index (χ4v) is 8.45. The van der Waals surface area contributed by atoms with E-state index in [1.54, 1.807) is 0 Å². The Hall–Kier alpha value is -1.12. The minimum atomic E-state index is -0.903. The Morgan fingerprint density at radius 2 is 0.778 bits per heavy atom. The number of unbranched alkanes of at least 4 members (excludes halogenated alkanes) is 14. The predicted octanol–water partition coefficient (Wildman–Crippen LogP) is 6.47. The second-order valence-corrected chi connectivity index (χ2v) is 17.7. The van der Waals surface area contributed by atoms with Crippen LogP contribution < -0.4 is 50.6 Å². The third-order valence-electron chi connectivity index (χ3n) is 12.3. The van der Waals surface area contributed by atoms with Crippen LogP contribution in [0.15, 0.2) is 0 Å². The number of hydrogen-bond acceptors (Lipinski definition) is 5. The van der Waals surface area contributed by atoms with Crippen LogP contribution in [-0.4, -0.2) is 41.8 Å². The van der Waals surface area contributed by atoms with Crippen molar-refractivity contribution in [2.75, 3.05) is 0 Å². The van der Waals surface area contributed by atoms with Crippen molar-refractivity contribution in [3.63, 3.8) is 0 Å². The summed E-state index contributed by atoms with van der Waals surface area (Å²) in [6, 6.07) is 0.576. The van der Waals surface area contributed by atoms with Crippen LogP contribution in [0.5, 0.6) is 0 Å². The first-order valence-corrected chi connectivity index (χ1v) is 22.6. The molecule has 0 saturated heterocycles. The molecular formula is C45H82N3NaO5. The zero-order chi connectivity index (χ0) is 38.7. The van der Waals surface area contributed by atoms with Crippen molar-refractivity contribution >= 4 is 23.7 Å². The molecule has 3 saturated carbocycles. The summed E-state index contributed by atoms with van der Waals surface area (Å²) >= 11 is 0. The molecule has 0 aliphatic heterocycles. The van der Waals surface area contributed by atoms with Crippen molar-refractivity contribution in [3.8, 4) is 0 Å². The van der Waals surface area contributed by atoms with E-state index in [-0.39, 0.29) is 84.7 Å². The van der Waals surface area contributed by atoms with Gasteiger partial charge in [-0.3, -0.25) is 14.4 Å². The van der Waals surface area contributed by atoms with Crippen molar-refractivity contribution in [1.82, 2.24) is 16.0 Å². The van der Waals surface area contributed by atoms with Crippen LogP contribution in [-0.2, 0) is 19.2 Å². The molecule has 3 rings (SSSR count). The van der Waals surface area contributed by atoms with Gasteiger partial charge in [0.1, 0.15) is 0 Å². The Morgan fingerprint density at radius 3 is 1.09 bits per heavy atom. The average molecular weight is 768 g/mol. The molecule has 0 radical (unpaired) electrons. The second kappa shape index (κ2) is 31.9. The zero-order valence-corrected chi connectivity index (χ0v) is 37.8. The number of carbonyl (C=O) groups excluding carboxylic acids is 4. The molecule has 308 valence electrons. The minimum Gasteiger partial charge on any atom is -0.550 e. The summed E-state index contributed by atoms with van der Waals surface area (Å²) in [4.78, 5) is 49.0. The quantitative estimate of drug-likeness (QED) is 0.0767. The van der Waals surface area contributed by atoms with Gasteiger partial charge in [-0.2, -0.15) is 0 Å². The smallest absolute Gasteiger partial charge is 0.550 e. The summed E-state index contributed by atoms with van der Waals surface area (Å²) in [5.74, 6) is 0.339. The largest absolute Gasteiger partial charge is 1.00 e. The molecule has 0 aromatic heterocycles. The van der Waals surface area contributed by atoms with Gasteiger partial charge in [-0.05, 0) is 108 Å². The van der Waals surface area contributed by atoms with Crippen LogP contribution in [0.4, 0.5) is 0 Å². The first-order valence-electron chi connectivity index (χ1n) is 22.6. The SMILES string of the molecule is CC1CCC(NC(=O)CC(CC(=O)NC2CCC(C)CC2)C(=O)NC2CCC(C)CC2)CC1.CCCCCCCCCCCCCCCCCC(=O)[O-].[Na+]. The van der Waals surface area contributed by atoms with Gasteiger partial charge in [0.25, 0.3) is 0 Å². The first-order chi connectivity index (χ1) is 25.5. The normalized spacial score (nSPS) is 24.5. The van der Waals surface area contributed by atoms with Crippen molar-refractivity contribution in [3.05, 3.63) is 0 Å². The first kappa shape index (κ1) is 50.9. The maximum absolute atomic E-state index is 13.2. The second-order valence-electron chi connectivity index (χ2n) is 17.7. The molecule has 3 aliphatic carbocycles. The van der Waals surface area contributed by atoms with Gasteiger partial charge in [0, 0.05) is 36.9 Å². The van der Waals surface area contributed by atoms with E-state index in [1.165, 1.54) is 83.5 Å². The van der Waals surface area contributed by atoms with Gasteiger partial charge in [-0.1, -0.05) is 118 Å². The number of carbonyl (C=O) groups is 4. The monoisotopic (exact) mass is 768 g/mol. The molecule has 8 nitrogen and oxygen atoms in total. The Morgan fingerprint density at radius 1 is 0.481 bits per heavy atom. The van der Waals surface area contributed by atoms with Crippen LogP contribution in [0.3, 0.4) is 0 Å². The fourth-order valence-electron chi connectivity index (χ4n) is 8.45. The topological polar surface area (TPSA) is 127 Å². The molecule has 0 unspecified atom stereocenters. The molecule has 0 spiro atoms. The van der Waals surface area contributed by atoms with Crippen molar-refractivity contribution in [1.29, 1.82) is 0 Å². The van der Waals surface area contributed by atoms with Gasteiger partial charge in [-0.25, -0.2) is 0 Å². The summed E-state index contributed by atoms with van der Waals surface area (Å²) in [6.45, 7) is 9.04. The van der Waals surface area contributed by atoms with E-state index in [1.807, 2.05) is 0 Å². The van der Waals surface area contributed by atoms with Gasteiger partial charge in [-0.15, -0.1) is 0 Å². The summed E-state index contributed by atoms with van der Waals surface area (Å²) in [7, 11) is 0. The number of hydrogen-bond donors (Lipinski definition) is 3. The van der Waals surface area contributed by atoms with E-state index in [2.05, 4.69) is 43.6 Å². The number of rotatable bonds is 24. The van der Waals surface area contributed by atoms with Crippen molar-refractivity contribution in [2.24, 2.45) is 23.7 Å². The molecule has 3 N–H and O–H groups in total. The number of carboxylic acid groups (broad SMARTS) is 1. The van der Waals surface area contributed by atoms with Gasteiger partial charge in [0.2, 0.25) is 17.7 Å². The van der Waals surface area contributed by atoms with Crippen molar-refractivity contribution in [2.45, 2.75) is 238 Å². The van der Waals surface area contributed by atoms with Crippen LogP contribution >= 0.6 is 0 Å².